The fraction of sp³-hybridized carbons (Fsp3) is 0.300. The summed E-state index contributed by atoms with van der Waals surface area (Å²) in [5.41, 5.74) is 1.00. The summed E-state index contributed by atoms with van der Waals surface area (Å²) >= 11 is 9.07. The molecule has 0 fully saturated rings. The average molecular weight is 278 g/mol. The third-order valence-corrected chi connectivity index (χ3v) is 2.67. The molecule has 1 unspecified atom stereocenters. The van der Waals surface area contributed by atoms with Gasteiger partial charge in [0.05, 0.1) is 17.0 Å². The SMILES string of the molecule is COc1ccc(CC(Cl)C=O)cc1Br. The number of methoxy groups -OCH3 is 1. The lowest BCUT2D eigenvalue weighted by Gasteiger charge is -2.06. The first-order valence-electron chi connectivity index (χ1n) is 4.09. The molecule has 2 nitrogen and oxygen atoms in total. The molecule has 0 bridgehead atoms. The molecule has 76 valence electrons. The Morgan fingerprint density at radius 1 is 1.64 bits per heavy atom. The van der Waals surface area contributed by atoms with Crippen molar-refractivity contribution in [2.24, 2.45) is 0 Å². The number of hydrogen-bond acceptors (Lipinski definition) is 2. The summed E-state index contributed by atoms with van der Waals surface area (Å²) < 4.78 is 5.95. The van der Waals surface area contributed by atoms with Crippen LogP contribution in [0.15, 0.2) is 22.7 Å². The highest BCUT2D eigenvalue weighted by atomic mass is 79.9. The van der Waals surface area contributed by atoms with Crippen molar-refractivity contribution < 1.29 is 9.53 Å². The third-order valence-electron chi connectivity index (χ3n) is 1.79. The lowest BCUT2D eigenvalue weighted by atomic mass is 10.1. The van der Waals surface area contributed by atoms with E-state index in [-0.39, 0.29) is 0 Å². The van der Waals surface area contributed by atoms with Crippen LogP contribution in [0.3, 0.4) is 0 Å². The number of hydrogen-bond donors (Lipinski definition) is 0. The van der Waals surface area contributed by atoms with Crippen LogP contribution in [0.5, 0.6) is 5.75 Å². The highest BCUT2D eigenvalue weighted by molar-refractivity contribution is 9.10. The van der Waals surface area contributed by atoms with Crippen molar-refractivity contribution in [1.29, 1.82) is 0 Å². The van der Waals surface area contributed by atoms with E-state index < -0.39 is 5.38 Å². The number of ether oxygens (including phenoxy) is 1. The first kappa shape index (κ1) is 11.5. The van der Waals surface area contributed by atoms with Crippen molar-refractivity contribution in [2.75, 3.05) is 7.11 Å². The molecule has 1 aromatic rings. The molecule has 0 radical (unpaired) electrons. The zero-order valence-corrected chi connectivity index (χ0v) is 10.0. The Labute approximate surface area is 96.3 Å². The Morgan fingerprint density at radius 2 is 2.36 bits per heavy atom. The minimum Gasteiger partial charge on any atom is -0.496 e. The summed E-state index contributed by atoms with van der Waals surface area (Å²) in [7, 11) is 1.61. The van der Waals surface area contributed by atoms with Crippen molar-refractivity contribution in [3.8, 4) is 5.75 Å². The molecule has 0 aliphatic heterocycles. The summed E-state index contributed by atoms with van der Waals surface area (Å²) in [5, 5.41) is -0.463. The van der Waals surface area contributed by atoms with Gasteiger partial charge < -0.3 is 9.53 Å². The molecule has 1 rings (SSSR count). The van der Waals surface area contributed by atoms with Gasteiger partial charge in [-0.3, -0.25) is 0 Å². The van der Waals surface area contributed by atoms with Gasteiger partial charge >= 0.3 is 0 Å². The van der Waals surface area contributed by atoms with E-state index in [0.717, 1.165) is 22.1 Å². The lowest BCUT2D eigenvalue weighted by molar-refractivity contribution is -0.107. The minimum atomic E-state index is -0.463. The van der Waals surface area contributed by atoms with Crippen molar-refractivity contribution >= 4 is 33.8 Å². The normalized spacial score (nSPS) is 12.2. The Morgan fingerprint density at radius 3 is 2.86 bits per heavy atom. The number of alkyl halides is 1. The van der Waals surface area contributed by atoms with E-state index in [1.165, 1.54) is 0 Å². The molecule has 14 heavy (non-hydrogen) atoms. The second kappa shape index (κ2) is 5.37. The van der Waals surface area contributed by atoms with Crippen molar-refractivity contribution in [1.82, 2.24) is 0 Å². The lowest BCUT2D eigenvalue weighted by Crippen LogP contribution is -2.04. The number of rotatable bonds is 4. The fourth-order valence-corrected chi connectivity index (χ4v) is 1.88. The Hall–Kier alpha value is -0.540. The number of carbonyl (C=O) groups is 1. The van der Waals surface area contributed by atoms with Gasteiger partial charge in [-0.15, -0.1) is 11.6 Å². The maximum absolute atomic E-state index is 10.3. The maximum atomic E-state index is 10.3. The van der Waals surface area contributed by atoms with Gasteiger partial charge in [0.15, 0.2) is 0 Å². The fourth-order valence-electron chi connectivity index (χ4n) is 1.11. The van der Waals surface area contributed by atoms with Crippen molar-refractivity contribution in [2.45, 2.75) is 11.8 Å². The molecular formula is C10H10BrClO2. The second-order valence-electron chi connectivity index (χ2n) is 2.83. The first-order valence-corrected chi connectivity index (χ1v) is 5.32. The number of halogens is 2. The van der Waals surface area contributed by atoms with Crippen molar-refractivity contribution in [3.05, 3.63) is 28.2 Å². The van der Waals surface area contributed by atoms with Crippen LogP contribution in [0.25, 0.3) is 0 Å². The number of aldehydes is 1. The van der Waals surface area contributed by atoms with E-state index in [1.54, 1.807) is 7.11 Å². The zero-order chi connectivity index (χ0) is 10.6. The molecule has 0 heterocycles. The predicted molar refractivity (Wildman–Crippen MR) is 60.1 cm³/mol. The highest BCUT2D eigenvalue weighted by Gasteiger charge is 2.06. The van der Waals surface area contributed by atoms with Crippen LogP contribution >= 0.6 is 27.5 Å². The third kappa shape index (κ3) is 3.00. The predicted octanol–water partition coefficient (Wildman–Crippen LogP) is 2.81. The van der Waals surface area contributed by atoms with Crippen LogP contribution in [-0.2, 0) is 11.2 Å². The monoisotopic (exact) mass is 276 g/mol. The molecule has 0 amide bonds. The first-order chi connectivity index (χ1) is 6.67. The molecular weight excluding hydrogens is 267 g/mol. The van der Waals surface area contributed by atoms with Crippen LogP contribution in [0.1, 0.15) is 5.56 Å². The van der Waals surface area contributed by atoms with Crippen LogP contribution in [0.2, 0.25) is 0 Å². The van der Waals surface area contributed by atoms with Gasteiger partial charge in [-0.05, 0) is 40.0 Å². The number of benzene rings is 1. The van der Waals surface area contributed by atoms with Crippen LogP contribution in [0, 0.1) is 0 Å². The molecule has 0 saturated carbocycles. The summed E-state index contributed by atoms with van der Waals surface area (Å²) in [6, 6.07) is 5.63. The molecule has 0 N–H and O–H groups in total. The van der Waals surface area contributed by atoms with E-state index in [1.807, 2.05) is 18.2 Å². The van der Waals surface area contributed by atoms with Gasteiger partial charge in [-0.2, -0.15) is 0 Å². The van der Waals surface area contributed by atoms with E-state index in [4.69, 9.17) is 16.3 Å². The minimum absolute atomic E-state index is 0.463. The van der Waals surface area contributed by atoms with E-state index in [2.05, 4.69) is 15.9 Å². The van der Waals surface area contributed by atoms with E-state index in [9.17, 15) is 4.79 Å². The topological polar surface area (TPSA) is 26.3 Å². The Balaban J connectivity index is 2.80. The van der Waals surface area contributed by atoms with Gasteiger partial charge in [0.25, 0.3) is 0 Å². The molecule has 1 atom stereocenters. The quantitative estimate of drug-likeness (QED) is 0.625. The van der Waals surface area contributed by atoms with Crippen LogP contribution < -0.4 is 4.74 Å². The van der Waals surface area contributed by atoms with Crippen LogP contribution in [-0.4, -0.2) is 18.8 Å². The smallest absolute Gasteiger partial charge is 0.138 e. The largest absolute Gasteiger partial charge is 0.496 e. The van der Waals surface area contributed by atoms with Gasteiger partial charge in [-0.1, -0.05) is 6.07 Å². The van der Waals surface area contributed by atoms with Gasteiger partial charge in [0, 0.05) is 0 Å². The highest BCUT2D eigenvalue weighted by Crippen LogP contribution is 2.26. The molecule has 0 aliphatic rings. The summed E-state index contributed by atoms with van der Waals surface area (Å²) in [4.78, 5) is 10.3. The Bertz CT molecular complexity index is 328. The van der Waals surface area contributed by atoms with Gasteiger partial charge in [0.1, 0.15) is 12.0 Å². The molecule has 1 aromatic carbocycles. The van der Waals surface area contributed by atoms with Crippen LogP contribution in [0.4, 0.5) is 0 Å². The molecule has 4 heteroatoms. The standard InChI is InChI=1S/C10H10BrClO2/c1-14-10-3-2-7(5-9(10)11)4-8(12)6-13/h2-3,5-6,8H,4H2,1H3. The van der Waals surface area contributed by atoms with Crippen molar-refractivity contribution in [3.63, 3.8) is 0 Å². The summed E-state index contributed by atoms with van der Waals surface area (Å²) in [6.45, 7) is 0. The van der Waals surface area contributed by atoms with Gasteiger partial charge in [0.2, 0.25) is 0 Å². The number of carbonyl (C=O) groups excluding carboxylic acids is 1. The zero-order valence-electron chi connectivity index (χ0n) is 7.67. The summed E-state index contributed by atoms with van der Waals surface area (Å²) in [6.07, 6.45) is 1.27. The van der Waals surface area contributed by atoms with Gasteiger partial charge in [-0.25, -0.2) is 0 Å². The van der Waals surface area contributed by atoms with E-state index in [0.29, 0.717) is 6.42 Å². The maximum Gasteiger partial charge on any atom is 0.138 e. The second-order valence-corrected chi connectivity index (χ2v) is 4.24. The Kier molecular flexibility index (Phi) is 4.42. The molecule has 0 aliphatic carbocycles. The summed E-state index contributed by atoms with van der Waals surface area (Å²) in [5.74, 6) is 0.769. The molecule has 0 aromatic heterocycles. The van der Waals surface area contributed by atoms with E-state index >= 15 is 0 Å². The average Bonchev–Trinajstić information content (AvgIpc) is 2.18. The molecule has 0 spiro atoms. The molecule has 0 saturated heterocycles.